The van der Waals surface area contributed by atoms with E-state index < -0.39 is 5.97 Å². The predicted molar refractivity (Wildman–Crippen MR) is 79.0 cm³/mol. The molecule has 0 saturated heterocycles. The summed E-state index contributed by atoms with van der Waals surface area (Å²) in [7, 11) is 0. The number of rotatable bonds is 4. The van der Waals surface area contributed by atoms with E-state index in [2.05, 4.69) is 0 Å². The maximum atomic E-state index is 10.8. The Hall–Kier alpha value is -2.46. The van der Waals surface area contributed by atoms with Crippen LogP contribution in [-0.4, -0.2) is 11.1 Å². The molecule has 21 heavy (non-hydrogen) atoms. The molecule has 3 aromatic rings. The van der Waals surface area contributed by atoms with Gasteiger partial charge in [0.25, 0.3) is 0 Å². The van der Waals surface area contributed by atoms with Crippen molar-refractivity contribution in [3.05, 3.63) is 65.1 Å². The first-order chi connectivity index (χ1) is 10.1. The molecule has 0 spiro atoms. The molecule has 0 aliphatic heterocycles. The molecule has 2 aromatic carbocycles. The quantitative estimate of drug-likeness (QED) is 0.777. The number of halogens is 1. The molecule has 0 amide bonds. The Morgan fingerprint density at radius 2 is 1.95 bits per heavy atom. The maximum Gasteiger partial charge on any atom is 0.338 e. The first kappa shape index (κ1) is 13.5. The van der Waals surface area contributed by atoms with Gasteiger partial charge in [-0.05, 0) is 18.2 Å². The SMILES string of the molecule is O=C(O)c1coc(COc2ccc(Cl)c3ccccc23)c1. The van der Waals surface area contributed by atoms with Crippen LogP contribution in [0.2, 0.25) is 5.02 Å². The summed E-state index contributed by atoms with van der Waals surface area (Å²) in [6.45, 7) is 0.152. The highest BCUT2D eigenvalue weighted by atomic mass is 35.5. The third kappa shape index (κ3) is 2.71. The Morgan fingerprint density at radius 3 is 2.67 bits per heavy atom. The Morgan fingerprint density at radius 1 is 1.19 bits per heavy atom. The number of ether oxygens (including phenoxy) is 1. The smallest absolute Gasteiger partial charge is 0.338 e. The van der Waals surface area contributed by atoms with Crippen LogP contribution in [0.1, 0.15) is 16.1 Å². The van der Waals surface area contributed by atoms with Gasteiger partial charge in [-0.2, -0.15) is 0 Å². The minimum absolute atomic E-state index is 0.106. The highest BCUT2D eigenvalue weighted by Crippen LogP contribution is 2.31. The zero-order valence-electron chi connectivity index (χ0n) is 10.9. The third-order valence-corrected chi connectivity index (χ3v) is 3.43. The molecule has 0 bridgehead atoms. The van der Waals surface area contributed by atoms with Gasteiger partial charge in [0, 0.05) is 15.8 Å². The second kappa shape index (κ2) is 5.50. The van der Waals surface area contributed by atoms with E-state index in [1.165, 1.54) is 12.3 Å². The highest BCUT2D eigenvalue weighted by molar-refractivity contribution is 6.35. The molecule has 0 radical (unpaired) electrons. The van der Waals surface area contributed by atoms with Gasteiger partial charge in [0.15, 0.2) is 0 Å². The van der Waals surface area contributed by atoms with E-state index in [4.69, 9.17) is 25.9 Å². The lowest BCUT2D eigenvalue weighted by molar-refractivity contribution is 0.0696. The molecule has 3 rings (SSSR count). The van der Waals surface area contributed by atoms with Crippen LogP contribution in [0, 0.1) is 0 Å². The van der Waals surface area contributed by atoms with Crippen LogP contribution in [0.3, 0.4) is 0 Å². The lowest BCUT2D eigenvalue weighted by atomic mass is 10.1. The van der Waals surface area contributed by atoms with Crippen LogP contribution in [-0.2, 0) is 6.61 Å². The van der Waals surface area contributed by atoms with Crippen molar-refractivity contribution in [2.75, 3.05) is 0 Å². The van der Waals surface area contributed by atoms with Crippen molar-refractivity contribution < 1.29 is 19.1 Å². The summed E-state index contributed by atoms with van der Waals surface area (Å²) >= 11 is 6.15. The van der Waals surface area contributed by atoms with Crippen LogP contribution < -0.4 is 4.74 Å². The molecule has 0 aliphatic rings. The average Bonchev–Trinajstić information content (AvgIpc) is 2.96. The van der Waals surface area contributed by atoms with Crippen LogP contribution in [0.4, 0.5) is 0 Å². The van der Waals surface area contributed by atoms with Gasteiger partial charge in [0.2, 0.25) is 0 Å². The van der Waals surface area contributed by atoms with Gasteiger partial charge in [-0.15, -0.1) is 0 Å². The molecule has 0 aliphatic carbocycles. The van der Waals surface area contributed by atoms with Gasteiger partial charge in [-0.1, -0.05) is 35.9 Å². The fourth-order valence-corrected chi connectivity index (χ4v) is 2.31. The molecule has 106 valence electrons. The third-order valence-electron chi connectivity index (χ3n) is 3.10. The molecule has 0 unspecified atom stereocenters. The molecule has 5 heteroatoms. The van der Waals surface area contributed by atoms with Crippen molar-refractivity contribution >= 4 is 28.3 Å². The number of hydrogen-bond donors (Lipinski definition) is 1. The van der Waals surface area contributed by atoms with Crippen LogP contribution in [0.25, 0.3) is 10.8 Å². The number of furan rings is 1. The van der Waals surface area contributed by atoms with Gasteiger partial charge in [-0.3, -0.25) is 0 Å². The summed E-state index contributed by atoms with van der Waals surface area (Å²) in [5, 5.41) is 11.3. The monoisotopic (exact) mass is 302 g/mol. The summed E-state index contributed by atoms with van der Waals surface area (Å²) in [4.78, 5) is 10.8. The number of hydrogen-bond acceptors (Lipinski definition) is 3. The second-order valence-electron chi connectivity index (χ2n) is 4.49. The number of carbonyl (C=O) groups is 1. The topological polar surface area (TPSA) is 59.7 Å². The molecule has 0 fully saturated rings. The normalized spacial score (nSPS) is 10.7. The highest BCUT2D eigenvalue weighted by Gasteiger charge is 2.10. The molecule has 1 heterocycles. The molecular weight excluding hydrogens is 292 g/mol. The maximum absolute atomic E-state index is 10.8. The zero-order valence-corrected chi connectivity index (χ0v) is 11.6. The Balaban J connectivity index is 1.85. The van der Waals surface area contributed by atoms with E-state index in [-0.39, 0.29) is 12.2 Å². The van der Waals surface area contributed by atoms with Crippen LogP contribution in [0.5, 0.6) is 5.75 Å². The number of aromatic carboxylic acids is 1. The second-order valence-corrected chi connectivity index (χ2v) is 4.89. The first-order valence-electron chi connectivity index (χ1n) is 6.26. The predicted octanol–water partition coefficient (Wildman–Crippen LogP) is 4.36. The molecular formula is C16H11ClO4. The molecule has 0 saturated carbocycles. The van der Waals surface area contributed by atoms with Crippen molar-refractivity contribution in [2.45, 2.75) is 6.61 Å². The standard InChI is InChI=1S/C16H11ClO4/c17-14-5-6-15(13-4-2-1-3-12(13)14)21-9-11-7-10(8-20-11)16(18)19/h1-8H,9H2,(H,18,19). The number of benzene rings is 2. The van der Waals surface area contributed by atoms with Gasteiger partial charge < -0.3 is 14.3 Å². The van der Waals surface area contributed by atoms with Gasteiger partial charge in [0.05, 0.1) is 5.56 Å². The molecule has 1 aromatic heterocycles. The first-order valence-corrected chi connectivity index (χ1v) is 6.63. The number of carboxylic acid groups (broad SMARTS) is 1. The summed E-state index contributed by atoms with van der Waals surface area (Å²) in [5.74, 6) is 0.0941. The van der Waals surface area contributed by atoms with E-state index in [1.54, 1.807) is 12.1 Å². The van der Waals surface area contributed by atoms with E-state index in [1.807, 2.05) is 24.3 Å². The van der Waals surface area contributed by atoms with E-state index in [0.29, 0.717) is 16.5 Å². The fraction of sp³-hybridized carbons (Fsp3) is 0.0625. The van der Waals surface area contributed by atoms with Crippen LogP contribution >= 0.6 is 11.6 Å². The van der Waals surface area contributed by atoms with Gasteiger partial charge in [-0.25, -0.2) is 4.79 Å². The number of carboxylic acids is 1. The van der Waals surface area contributed by atoms with Crippen molar-refractivity contribution in [2.24, 2.45) is 0 Å². The Kier molecular flexibility index (Phi) is 3.54. The zero-order chi connectivity index (χ0) is 14.8. The minimum Gasteiger partial charge on any atom is -0.485 e. The molecule has 1 N–H and O–H groups in total. The van der Waals surface area contributed by atoms with E-state index in [0.717, 1.165) is 10.8 Å². The Bertz CT molecular complexity index is 807. The summed E-state index contributed by atoms with van der Waals surface area (Å²) in [5.41, 5.74) is 0.106. The lowest BCUT2D eigenvalue weighted by Crippen LogP contribution is -1.96. The van der Waals surface area contributed by atoms with Crippen molar-refractivity contribution in [3.63, 3.8) is 0 Å². The molecule has 4 nitrogen and oxygen atoms in total. The average molecular weight is 303 g/mol. The minimum atomic E-state index is -1.03. The van der Waals surface area contributed by atoms with Gasteiger partial charge in [0.1, 0.15) is 24.4 Å². The Labute approximate surface area is 125 Å². The van der Waals surface area contributed by atoms with Crippen molar-refractivity contribution in [1.82, 2.24) is 0 Å². The molecule has 0 atom stereocenters. The van der Waals surface area contributed by atoms with Gasteiger partial charge >= 0.3 is 5.97 Å². The van der Waals surface area contributed by atoms with E-state index >= 15 is 0 Å². The summed E-state index contributed by atoms with van der Waals surface area (Å²) < 4.78 is 10.9. The fourth-order valence-electron chi connectivity index (χ4n) is 2.08. The number of fused-ring (bicyclic) bond motifs is 1. The van der Waals surface area contributed by atoms with Crippen molar-refractivity contribution in [3.8, 4) is 5.75 Å². The van der Waals surface area contributed by atoms with Crippen LogP contribution in [0.15, 0.2) is 53.1 Å². The summed E-state index contributed by atoms with van der Waals surface area (Å²) in [6.07, 6.45) is 1.20. The lowest BCUT2D eigenvalue weighted by Gasteiger charge is -2.09. The van der Waals surface area contributed by atoms with E-state index in [9.17, 15) is 4.79 Å². The van der Waals surface area contributed by atoms with Crippen molar-refractivity contribution in [1.29, 1.82) is 0 Å². The largest absolute Gasteiger partial charge is 0.485 e. The summed E-state index contributed by atoms with van der Waals surface area (Å²) in [6, 6.07) is 12.6.